The average Bonchev–Trinajstić information content (AvgIpc) is 3.30. The van der Waals surface area contributed by atoms with Crippen molar-refractivity contribution in [1.82, 2.24) is 4.98 Å². The Morgan fingerprint density at radius 3 is 2.57 bits per heavy atom. The van der Waals surface area contributed by atoms with Crippen LogP contribution in [0.2, 0.25) is 0 Å². The minimum absolute atomic E-state index is 0.00557. The van der Waals surface area contributed by atoms with E-state index in [-0.39, 0.29) is 6.61 Å². The third-order valence-corrected chi connectivity index (χ3v) is 4.26. The lowest BCUT2D eigenvalue weighted by Gasteiger charge is -2.19. The maximum atomic E-state index is 12.2. The summed E-state index contributed by atoms with van der Waals surface area (Å²) in [5.41, 5.74) is 0.817. The van der Waals surface area contributed by atoms with Gasteiger partial charge in [0.25, 0.3) is 0 Å². The molecule has 1 N–H and O–H groups in total. The lowest BCUT2D eigenvalue weighted by Crippen LogP contribution is -2.27. The molecule has 146 valence electrons. The number of hydrogen-bond donors (Lipinski definition) is 1. The van der Waals surface area contributed by atoms with Crippen molar-refractivity contribution in [3.8, 4) is 10.8 Å². The zero-order valence-corrected chi connectivity index (χ0v) is 16.5. The van der Waals surface area contributed by atoms with E-state index in [0.717, 1.165) is 4.88 Å². The van der Waals surface area contributed by atoms with Gasteiger partial charge in [0.15, 0.2) is 0 Å². The number of amides is 1. The minimum atomic E-state index is -0.585. The van der Waals surface area contributed by atoms with Gasteiger partial charge in [0, 0.05) is 5.69 Å². The third kappa shape index (κ3) is 5.43. The Morgan fingerprint density at radius 1 is 1.18 bits per heavy atom. The summed E-state index contributed by atoms with van der Waals surface area (Å²) >= 11 is 1.52. The second kappa shape index (κ2) is 8.26. The molecule has 2 heterocycles. The van der Waals surface area contributed by atoms with Crippen molar-refractivity contribution < 1.29 is 23.5 Å². The van der Waals surface area contributed by atoms with Crippen LogP contribution in [0.15, 0.2) is 52.5 Å². The number of ether oxygens (including phenoxy) is 2. The first-order valence-corrected chi connectivity index (χ1v) is 9.43. The maximum absolute atomic E-state index is 12.2. The van der Waals surface area contributed by atoms with Crippen molar-refractivity contribution >= 4 is 29.1 Å². The highest BCUT2D eigenvalue weighted by atomic mass is 32.1. The molecular formula is C20H20N2O5S. The summed E-state index contributed by atoms with van der Waals surface area (Å²) in [6, 6.07) is 10.1. The Kier molecular flexibility index (Phi) is 5.79. The van der Waals surface area contributed by atoms with E-state index < -0.39 is 17.7 Å². The van der Waals surface area contributed by atoms with Gasteiger partial charge in [0.2, 0.25) is 5.89 Å². The zero-order valence-electron chi connectivity index (χ0n) is 15.7. The molecule has 0 atom stereocenters. The summed E-state index contributed by atoms with van der Waals surface area (Å²) in [5.74, 6) is 0.00288. The molecule has 0 aliphatic carbocycles. The normalized spacial score (nSPS) is 11.1. The molecule has 8 heteroatoms. The van der Waals surface area contributed by atoms with Gasteiger partial charge in [0.05, 0.1) is 10.4 Å². The predicted molar refractivity (Wildman–Crippen MR) is 105 cm³/mol. The molecule has 0 aliphatic rings. The van der Waals surface area contributed by atoms with Crippen LogP contribution in [0.5, 0.6) is 0 Å². The van der Waals surface area contributed by atoms with Crippen LogP contribution in [0.1, 0.15) is 36.8 Å². The number of carbonyl (C=O) groups is 2. The van der Waals surface area contributed by atoms with Gasteiger partial charge in [-0.2, -0.15) is 0 Å². The molecule has 7 nitrogen and oxygen atoms in total. The van der Waals surface area contributed by atoms with Crippen LogP contribution in [0.4, 0.5) is 10.5 Å². The molecular weight excluding hydrogens is 380 g/mol. The minimum Gasteiger partial charge on any atom is -0.455 e. The molecule has 0 bridgehead atoms. The van der Waals surface area contributed by atoms with Gasteiger partial charge in [-0.25, -0.2) is 14.6 Å². The number of carbonyl (C=O) groups excluding carboxylic acids is 2. The van der Waals surface area contributed by atoms with Gasteiger partial charge in [-0.05, 0) is 56.5 Å². The summed E-state index contributed by atoms with van der Waals surface area (Å²) in [6.45, 7) is 5.35. The van der Waals surface area contributed by atoms with E-state index in [4.69, 9.17) is 13.9 Å². The van der Waals surface area contributed by atoms with E-state index in [9.17, 15) is 9.59 Å². The van der Waals surface area contributed by atoms with Gasteiger partial charge in [0.1, 0.15) is 24.2 Å². The quantitative estimate of drug-likeness (QED) is 0.599. The summed E-state index contributed by atoms with van der Waals surface area (Å²) in [5, 5.41) is 4.53. The van der Waals surface area contributed by atoms with E-state index in [1.807, 2.05) is 17.5 Å². The molecule has 0 radical (unpaired) electrons. The molecule has 0 unspecified atom stereocenters. The van der Waals surface area contributed by atoms with Gasteiger partial charge < -0.3 is 13.9 Å². The first-order chi connectivity index (χ1) is 13.3. The summed E-state index contributed by atoms with van der Waals surface area (Å²) in [6.07, 6.45) is 0.909. The van der Waals surface area contributed by atoms with Crippen molar-refractivity contribution in [1.29, 1.82) is 0 Å². The number of aromatic nitrogens is 1. The van der Waals surface area contributed by atoms with Gasteiger partial charge >= 0.3 is 12.1 Å². The van der Waals surface area contributed by atoms with Crippen molar-refractivity contribution in [2.75, 3.05) is 5.32 Å². The van der Waals surface area contributed by atoms with E-state index >= 15 is 0 Å². The molecule has 3 rings (SSSR count). The third-order valence-electron chi connectivity index (χ3n) is 3.40. The fraction of sp³-hybridized carbons (Fsp3) is 0.250. The van der Waals surface area contributed by atoms with E-state index in [2.05, 4.69) is 10.3 Å². The van der Waals surface area contributed by atoms with Crippen molar-refractivity contribution in [2.45, 2.75) is 33.0 Å². The second-order valence-electron chi connectivity index (χ2n) is 6.90. The Balaban J connectivity index is 1.53. The number of esters is 1. The van der Waals surface area contributed by atoms with Crippen LogP contribution >= 0.6 is 11.3 Å². The molecule has 1 aromatic carbocycles. The molecule has 2 aromatic heterocycles. The maximum Gasteiger partial charge on any atom is 0.412 e. The number of oxazole rings is 1. The zero-order chi connectivity index (χ0) is 20.1. The number of nitrogens with one attached hydrogen (secondary N) is 1. The van der Waals surface area contributed by atoms with Gasteiger partial charge in [-0.3, -0.25) is 5.32 Å². The van der Waals surface area contributed by atoms with Crippen LogP contribution < -0.4 is 5.32 Å². The Bertz CT molecular complexity index is 940. The van der Waals surface area contributed by atoms with E-state index in [1.165, 1.54) is 17.6 Å². The fourth-order valence-corrected chi connectivity index (χ4v) is 2.88. The topological polar surface area (TPSA) is 90.7 Å². The number of thiophene rings is 1. The number of hydrogen-bond acceptors (Lipinski definition) is 7. The number of nitrogens with zero attached hydrogens (tertiary/aromatic N) is 1. The first-order valence-electron chi connectivity index (χ1n) is 8.56. The molecule has 1 amide bonds. The molecule has 0 saturated heterocycles. The summed E-state index contributed by atoms with van der Waals surface area (Å²) < 4.78 is 15.8. The van der Waals surface area contributed by atoms with Crippen LogP contribution in [0, 0.1) is 0 Å². The summed E-state index contributed by atoms with van der Waals surface area (Å²) in [7, 11) is 0. The average molecular weight is 400 g/mol. The van der Waals surface area contributed by atoms with Crippen molar-refractivity contribution in [3.05, 3.63) is 59.3 Å². The van der Waals surface area contributed by atoms with Crippen molar-refractivity contribution in [3.63, 3.8) is 0 Å². The van der Waals surface area contributed by atoms with E-state index in [0.29, 0.717) is 22.8 Å². The predicted octanol–water partition coefficient (Wildman–Crippen LogP) is 5.11. The van der Waals surface area contributed by atoms with Gasteiger partial charge in [-0.1, -0.05) is 6.07 Å². The Hall–Kier alpha value is -3.13. The highest BCUT2D eigenvalue weighted by molar-refractivity contribution is 7.13. The van der Waals surface area contributed by atoms with E-state index in [1.54, 1.807) is 45.0 Å². The van der Waals surface area contributed by atoms with Crippen LogP contribution in [0.25, 0.3) is 10.8 Å². The van der Waals surface area contributed by atoms with Crippen LogP contribution in [-0.2, 0) is 16.1 Å². The van der Waals surface area contributed by atoms with Crippen LogP contribution in [-0.4, -0.2) is 22.6 Å². The SMILES string of the molecule is CC(C)(C)OC(=O)Nc1ccc(C(=O)OCc2coc(-c3cccs3)n2)cc1. The first kappa shape index (κ1) is 19.6. The van der Waals surface area contributed by atoms with Crippen LogP contribution in [0.3, 0.4) is 0 Å². The molecule has 3 aromatic rings. The molecule has 0 spiro atoms. The Morgan fingerprint density at radius 2 is 1.93 bits per heavy atom. The molecule has 0 aliphatic heterocycles. The fourth-order valence-electron chi connectivity index (χ4n) is 2.22. The Labute approximate surface area is 166 Å². The largest absolute Gasteiger partial charge is 0.455 e. The second-order valence-corrected chi connectivity index (χ2v) is 7.85. The smallest absolute Gasteiger partial charge is 0.412 e. The van der Waals surface area contributed by atoms with Crippen molar-refractivity contribution in [2.24, 2.45) is 0 Å². The molecule has 28 heavy (non-hydrogen) atoms. The number of benzene rings is 1. The lowest BCUT2D eigenvalue weighted by atomic mass is 10.2. The van der Waals surface area contributed by atoms with Gasteiger partial charge in [-0.15, -0.1) is 11.3 Å². The number of anilines is 1. The summed E-state index contributed by atoms with van der Waals surface area (Å²) in [4.78, 5) is 29.1. The highest BCUT2D eigenvalue weighted by Crippen LogP contribution is 2.24. The monoisotopic (exact) mass is 400 g/mol. The molecule has 0 fully saturated rings. The number of rotatable bonds is 5. The standard InChI is InChI=1S/C20H20N2O5S/c1-20(2,3)27-19(24)22-14-8-6-13(7-9-14)18(23)26-12-15-11-25-17(21-15)16-5-4-10-28-16/h4-11H,12H2,1-3H3,(H,22,24). The molecule has 0 saturated carbocycles. The lowest BCUT2D eigenvalue weighted by molar-refractivity contribution is 0.0467. The highest BCUT2D eigenvalue weighted by Gasteiger charge is 2.16.